The zero-order valence-corrected chi connectivity index (χ0v) is 38.7. The van der Waals surface area contributed by atoms with Gasteiger partial charge in [-0.1, -0.05) is 85.2 Å². The highest BCUT2D eigenvalue weighted by Gasteiger charge is 2.43. The molecule has 10 atom stereocenters. The van der Waals surface area contributed by atoms with E-state index in [0.717, 1.165) is 17.5 Å². The average molecular weight is 854 g/mol. The van der Waals surface area contributed by atoms with Crippen molar-refractivity contribution in [1.82, 2.24) is 30.3 Å². The minimum Gasteiger partial charge on any atom is -0.384 e. The Morgan fingerprint density at radius 3 is 2.15 bits per heavy atom. The number of ether oxygens (including phenoxy) is 3. The molecule has 342 valence electrons. The van der Waals surface area contributed by atoms with Crippen LogP contribution in [0.1, 0.15) is 85.3 Å². The number of anilines is 1. The van der Waals surface area contributed by atoms with E-state index in [1.54, 1.807) is 50.3 Å². The molecule has 1 unspecified atom stereocenters. The molecule has 1 aliphatic rings. The Labute approximate surface area is 364 Å². The highest BCUT2D eigenvalue weighted by molar-refractivity contribution is 5.90. The van der Waals surface area contributed by atoms with Gasteiger partial charge >= 0.3 is 0 Å². The standard InChI is InChI=1S/C46H75N7O8/c1-13-30(6)41(52(9)45(57)39(28(2)3)50-44(56)40(29(4)5)51(8)27-33-21-22-48-37(47)25-33)36(59-10)26-38(54)53-23-17-20-35(53)42(60-11)31(7)43(55)49-34(46(58)61-12)24-32-18-15-14-16-19-32/h14-16,18-19,21-22,25,28-31,34-36,39-42,46,58H,13,17,20,23-24,26-27H2,1-12H3,(H2,47,48)(H,49,55)(H,50,56)/t30-,31+,34-,35-,36+,39-,40-,41-,42+,46?/m0/s1. The number of hydrogen-bond donors (Lipinski definition) is 4. The number of amides is 4. The lowest BCUT2D eigenvalue weighted by molar-refractivity contribution is -0.148. The van der Waals surface area contributed by atoms with Crippen molar-refractivity contribution in [3.63, 3.8) is 0 Å². The van der Waals surface area contributed by atoms with Gasteiger partial charge in [-0.05, 0) is 67.3 Å². The fraction of sp³-hybridized carbons (Fsp3) is 0.674. The van der Waals surface area contributed by atoms with Gasteiger partial charge in [0.05, 0.1) is 48.7 Å². The molecule has 2 aromatic rings. The van der Waals surface area contributed by atoms with Crippen molar-refractivity contribution < 1.29 is 38.5 Å². The van der Waals surface area contributed by atoms with Crippen LogP contribution in [0.3, 0.4) is 0 Å². The van der Waals surface area contributed by atoms with Crippen LogP contribution in [0.15, 0.2) is 48.7 Å². The maximum Gasteiger partial charge on any atom is 0.245 e. The van der Waals surface area contributed by atoms with Gasteiger partial charge in [-0.15, -0.1) is 0 Å². The van der Waals surface area contributed by atoms with E-state index in [2.05, 4.69) is 15.6 Å². The molecule has 4 amide bonds. The summed E-state index contributed by atoms with van der Waals surface area (Å²) in [5.41, 5.74) is 7.77. The van der Waals surface area contributed by atoms with Crippen molar-refractivity contribution in [2.24, 2.45) is 23.7 Å². The van der Waals surface area contributed by atoms with Gasteiger partial charge in [-0.25, -0.2) is 4.98 Å². The maximum absolute atomic E-state index is 14.5. The van der Waals surface area contributed by atoms with Gasteiger partial charge < -0.3 is 45.5 Å². The number of aliphatic hydroxyl groups excluding tert-OH is 1. The van der Waals surface area contributed by atoms with Gasteiger partial charge in [0.2, 0.25) is 23.6 Å². The molecule has 15 nitrogen and oxygen atoms in total. The van der Waals surface area contributed by atoms with Gasteiger partial charge in [-0.2, -0.15) is 0 Å². The third-order valence-electron chi connectivity index (χ3n) is 12.4. The van der Waals surface area contributed by atoms with Crippen molar-refractivity contribution in [3.8, 4) is 0 Å². The Morgan fingerprint density at radius 1 is 0.918 bits per heavy atom. The molecule has 2 heterocycles. The summed E-state index contributed by atoms with van der Waals surface area (Å²) < 4.78 is 17.3. The van der Waals surface area contributed by atoms with Crippen LogP contribution in [-0.2, 0) is 46.4 Å². The van der Waals surface area contributed by atoms with Crippen LogP contribution in [0.4, 0.5) is 5.82 Å². The minimum absolute atomic E-state index is 0.00569. The molecule has 0 saturated carbocycles. The molecule has 1 aromatic carbocycles. The Kier molecular flexibility index (Phi) is 20.5. The summed E-state index contributed by atoms with van der Waals surface area (Å²) in [5.74, 6) is -1.64. The predicted octanol–water partition coefficient (Wildman–Crippen LogP) is 3.87. The summed E-state index contributed by atoms with van der Waals surface area (Å²) >= 11 is 0. The second kappa shape index (κ2) is 24.5. The van der Waals surface area contributed by atoms with Crippen molar-refractivity contribution in [2.75, 3.05) is 47.7 Å². The Balaban J connectivity index is 1.79. The number of nitrogens with two attached hydrogens (primary N) is 1. The number of likely N-dealkylation sites (tertiary alicyclic amines) is 1. The van der Waals surface area contributed by atoms with Crippen LogP contribution in [0.25, 0.3) is 0 Å². The highest BCUT2D eigenvalue weighted by atomic mass is 16.6. The van der Waals surface area contributed by atoms with E-state index in [1.165, 1.54) is 7.11 Å². The highest BCUT2D eigenvalue weighted by Crippen LogP contribution is 2.30. The zero-order chi connectivity index (χ0) is 45.6. The third-order valence-corrected chi connectivity index (χ3v) is 12.4. The molecule has 15 heteroatoms. The fourth-order valence-electron chi connectivity index (χ4n) is 8.84. The first-order chi connectivity index (χ1) is 28.9. The number of aliphatic hydroxyl groups is 1. The van der Waals surface area contributed by atoms with Crippen LogP contribution in [-0.4, -0.2) is 139 Å². The van der Waals surface area contributed by atoms with E-state index < -0.39 is 48.6 Å². The molecule has 1 saturated heterocycles. The number of rotatable bonds is 24. The Bertz CT molecular complexity index is 1680. The number of nitrogen functional groups attached to an aromatic ring is 1. The van der Waals surface area contributed by atoms with Gasteiger partial charge in [0, 0.05) is 47.7 Å². The van der Waals surface area contributed by atoms with Crippen LogP contribution in [0, 0.1) is 23.7 Å². The molecule has 0 aliphatic carbocycles. The number of carbonyl (C=O) groups excluding carboxylic acids is 4. The molecule has 0 bridgehead atoms. The van der Waals surface area contributed by atoms with E-state index in [0.29, 0.717) is 38.2 Å². The minimum atomic E-state index is -1.23. The van der Waals surface area contributed by atoms with E-state index in [4.69, 9.17) is 19.9 Å². The Morgan fingerprint density at radius 2 is 1.59 bits per heavy atom. The number of hydrogen-bond acceptors (Lipinski definition) is 11. The topological polar surface area (TPSA) is 189 Å². The second-order valence-corrected chi connectivity index (χ2v) is 17.4. The molecule has 3 rings (SSSR count). The number of methoxy groups -OCH3 is 3. The maximum atomic E-state index is 14.5. The first kappa shape index (κ1) is 51.2. The summed E-state index contributed by atoms with van der Waals surface area (Å²) in [6.07, 6.45) is 1.54. The molecular formula is C46H75N7O8. The Hall–Kier alpha value is -4.15. The van der Waals surface area contributed by atoms with E-state index in [9.17, 15) is 24.3 Å². The summed E-state index contributed by atoms with van der Waals surface area (Å²) in [5, 5.41) is 16.7. The number of likely N-dealkylation sites (N-methyl/N-ethyl adjacent to an activating group) is 2. The average Bonchev–Trinajstić information content (AvgIpc) is 3.71. The number of aromatic nitrogens is 1. The molecular weight excluding hydrogens is 779 g/mol. The molecule has 1 fully saturated rings. The summed E-state index contributed by atoms with van der Waals surface area (Å²) in [6, 6.07) is 10.2. The normalized spacial score (nSPS) is 18.8. The first-order valence-electron chi connectivity index (χ1n) is 21.8. The summed E-state index contributed by atoms with van der Waals surface area (Å²) in [6.45, 7) is 14.6. The van der Waals surface area contributed by atoms with Gasteiger partial charge in [-0.3, -0.25) is 24.1 Å². The van der Waals surface area contributed by atoms with Crippen LogP contribution >= 0.6 is 0 Å². The fourth-order valence-corrected chi connectivity index (χ4v) is 8.84. The molecule has 1 aliphatic heterocycles. The van der Waals surface area contributed by atoms with Crippen molar-refractivity contribution in [3.05, 3.63) is 59.8 Å². The van der Waals surface area contributed by atoms with Crippen LogP contribution in [0.5, 0.6) is 0 Å². The summed E-state index contributed by atoms with van der Waals surface area (Å²) in [7, 11) is 8.09. The summed E-state index contributed by atoms with van der Waals surface area (Å²) in [4.78, 5) is 66.2. The van der Waals surface area contributed by atoms with Crippen molar-refractivity contribution >= 4 is 29.4 Å². The number of nitrogens with one attached hydrogen (secondary N) is 2. The number of pyridine rings is 1. The number of carbonyl (C=O) groups is 4. The largest absolute Gasteiger partial charge is 0.384 e. The zero-order valence-electron chi connectivity index (χ0n) is 38.7. The molecule has 61 heavy (non-hydrogen) atoms. The van der Waals surface area contributed by atoms with Gasteiger partial charge in [0.25, 0.3) is 0 Å². The smallest absolute Gasteiger partial charge is 0.245 e. The third kappa shape index (κ3) is 13.9. The molecule has 0 spiro atoms. The first-order valence-corrected chi connectivity index (χ1v) is 21.8. The lowest BCUT2D eigenvalue weighted by Gasteiger charge is -2.41. The SMILES string of the molecule is CC[C@H](C)[C@@H]([C@@H](CC(=O)N1CCC[C@H]1[C@H](OC)[C@@H](C)C(=O)N[C@@H](Cc1ccccc1)C(O)OC)OC)N(C)C(=O)[C@@H](NC(=O)[C@H](C(C)C)N(C)Cc1ccnc(N)c1)C(C)C. The molecule has 0 radical (unpaired) electrons. The monoisotopic (exact) mass is 854 g/mol. The van der Waals surface area contributed by atoms with Crippen molar-refractivity contribution in [2.45, 2.75) is 136 Å². The van der Waals surface area contributed by atoms with Gasteiger partial charge in [0.1, 0.15) is 11.9 Å². The van der Waals surface area contributed by atoms with Crippen molar-refractivity contribution in [1.29, 1.82) is 0 Å². The quantitative estimate of drug-likeness (QED) is 0.112. The van der Waals surface area contributed by atoms with Crippen LogP contribution < -0.4 is 16.4 Å². The predicted molar refractivity (Wildman–Crippen MR) is 237 cm³/mol. The van der Waals surface area contributed by atoms with E-state index >= 15 is 0 Å². The lowest BCUT2D eigenvalue weighted by Crippen LogP contribution is -2.60. The molecule has 5 N–H and O–H groups in total. The second-order valence-electron chi connectivity index (χ2n) is 17.4. The molecule has 1 aromatic heterocycles. The lowest BCUT2D eigenvalue weighted by atomic mass is 9.89. The number of nitrogens with zero attached hydrogens (tertiary/aromatic N) is 4. The van der Waals surface area contributed by atoms with Gasteiger partial charge in [0.15, 0.2) is 6.29 Å². The number of benzene rings is 1. The van der Waals surface area contributed by atoms with Crippen LogP contribution in [0.2, 0.25) is 0 Å². The van der Waals surface area contributed by atoms with E-state index in [-0.39, 0.29) is 53.8 Å². The van der Waals surface area contributed by atoms with E-state index in [1.807, 2.05) is 89.9 Å².